The van der Waals surface area contributed by atoms with Crippen LogP contribution < -0.4 is 43.8 Å². The summed E-state index contributed by atoms with van der Waals surface area (Å²) < 4.78 is 0. The first-order valence-corrected chi connectivity index (χ1v) is 15.1. The molecule has 1 aliphatic heterocycles. The van der Waals surface area contributed by atoms with E-state index in [2.05, 4.69) is 31.6 Å². The Morgan fingerprint density at radius 1 is 0.896 bits per heavy atom. The summed E-state index contributed by atoms with van der Waals surface area (Å²) >= 11 is 0. The van der Waals surface area contributed by atoms with E-state index >= 15 is 0 Å². The summed E-state index contributed by atoms with van der Waals surface area (Å²) in [6, 6.07) is -6.85. The van der Waals surface area contributed by atoms with Crippen LogP contribution in [0.4, 0.5) is 0 Å². The van der Waals surface area contributed by atoms with Gasteiger partial charge in [-0.25, -0.2) is 4.79 Å². The van der Waals surface area contributed by atoms with E-state index in [-0.39, 0.29) is 38.3 Å². The van der Waals surface area contributed by atoms with Gasteiger partial charge in [0, 0.05) is 13.1 Å². The second-order valence-electron chi connectivity index (χ2n) is 11.2. The van der Waals surface area contributed by atoms with Crippen LogP contribution in [0, 0.1) is 5.92 Å². The molecule has 0 bridgehead atoms. The number of aliphatic carboxylic acids is 2. The normalized spacial score (nSPS) is 16.4. The molecule has 0 aromatic carbocycles. The van der Waals surface area contributed by atoms with Crippen molar-refractivity contribution in [2.45, 2.75) is 76.2 Å². The first kappa shape index (κ1) is 41.0. The highest BCUT2D eigenvalue weighted by molar-refractivity contribution is 5.97. The van der Waals surface area contributed by atoms with Gasteiger partial charge in [-0.2, -0.15) is 0 Å². The summed E-state index contributed by atoms with van der Waals surface area (Å²) in [5, 5.41) is 40.0. The average molecular weight is 687 g/mol. The minimum absolute atomic E-state index is 0.0543. The third-order valence-electron chi connectivity index (χ3n) is 7.10. The SMILES string of the molecule is CC(C)[C@H](NC(=O)[C@@H]1CCCN1C(=O)[C@H](CO)NC(=O)[C@H](CC(=O)O)NC(=O)CNC(=O)[C@H](CCCN=C(N)N)NC(=O)CN)C(=O)O. The molecule has 6 amide bonds. The molecule has 1 saturated heterocycles. The predicted molar refractivity (Wildman–Crippen MR) is 166 cm³/mol. The number of rotatable bonds is 20. The Balaban J connectivity index is 2.92. The van der Waals surface area contributed by atoms with Crippen molar-refractivity contribution in [1.29, 1.82) is 0 Å². The maximum atomic E-state index is 13.3. The summed E-state index contributed by atoms with van der Waals surface area (Å²) in [4.78, 5) is 104. The summed E-state index contributed by atoms with van der Waals surface area (Å²) in [5.74, 6) is -8.66. The number of nitrogens with one attached hydrogen (secondary N) is 5. The van der Waals surface area contributed by atoms with Gasteiger partial charge < -0.3 is 64.0 Å². The quantitative estimate of drug-likeness (QED) is 0.0323. The highest BCUT2D eigenvalue weighted by Crippen LogP contribution is 2.19. The molecule has 0 aromatic rings. The molecule has 270 valence electrons. The number of aliphatic hydroxyl groups is 1. The summed E-state index contributed by atoms with van der Waals surface area (Å²) in [6.07, 6.45) is -0.0645. The Morgan fingerprint density at radius 3 is 2.08 bits per heavy atom. The molecule has 14 N–H and O–H groups in total. The van der Waals surface area contributed by atoms with E-state index in [0.717, 1.165) is 4.90 Å². The number of likely N-dealkylation sites (tertiary alicyclic amines) is 1. The number of hydrogen-bond acceptors (Lipinski definition) is 11. The highest BCUT2D eigenvalue weighted by Gasteiger charge is 2.40. The predicted octanol–water partition coefficient (Wildman–Crippen LogP) is -5.75. The smallest absolute Gasteiger partial charge is 0.326 e. The Hall–Kier alpha value is -5.05. The van der Waals surface area contributed by atoms with Gasteiger partial charge in [-0.15, -0.1) is 0 Å². The van der Waals surface area contributed by atoms with E-state index in [4.69, 9.17) is 17.2 Å². The molecule has 0 spiro atoms. The number of nitrogens with two attached hydrogens (primary N) is 3. The van der Waals surface area contributed by atoms with Crippen molar-refractivity contribution in [3.63, 3.8) is 0 Å². The van der Waals surface area contributed by atoms with E-state index in [9.17, 15) is 53.7 Å². The van der Waals surface area contributed by atoms with E-state index in [1.54, 1.807) is 13.8 Å². The summed E-state index contributed by atoms with van der Waals surface area (Å²) in [7, 11) is 0. The zero-order valence-electron chi connectivity index (χ0n) is 26.8. The van der Waals surface area contributed by atoms with Crippen LogP contribution in [0.15, 0.2) is 4.99 Å². The van der Waals surface area contributed by atoms with Gasteiger partial charge in [0.05, 0.1) is 26.1 Å². The van der Waals surface area contributed by atoms with Crippen LogP contribution in [0.2, 0.25) is 0 Å². The lowest BCUT2D eigenvalue weighted by Crippen LogP contribution is -2.59. The fourth-order valence-electron chi connectivity index (χ4n) is 4.67. The van der Waals surface area contributed by atoms with E-state index < -0.39 is 110 Å². The van der Waals surface area contributed by atoms with E-state index in [1.807, 2.05) is 0 Å². The molecule has 1 rings (SSSR count). The molecule has 1 fully saturated rings. The molecular weight excluding hydrogens is 640 g/mol. The Kier molecular flexibility index (Phi) is 17.3. The number of guanidine groups is 1. The molecule has 21 heteroatoms. The number of hydrogen-bond donors (Lipinski definition) is 11. The zero-order valence-corrected chi connectivity index (χ0v) is 26.8. The van der Waals surface area contributed by atoms with Gasteiger partial charge in [0.2, 0.25) is 35.4 Å². The molecular formula is C27H46N10O11. The third-order valence-corrected chi connectivity index (χ3v) is 7.10. The average Bonchev–Trinajstić information content (AvgIpc) is 3.51. The first-order chi connectivity index (χ1) is 22.5. The second kappa shape index (κ2) is 20.2. The van der Waals surface area contributed by atoms with Crippen molar-refractivity contribution in [1.82, 2.24) is 31.5 Å². The number of carboxylic acid groups (broad SMARTS) is 2. The van der Waals surface area contributed by atoms with Gasteiger partial charge in [0.25, 0.3) is 0 Å². The topological polar surface area (TPSA) is 351 Å². The third kappa shape index (κ3) is 13.7. The molecule has 0 saturated carbocycles. The van der Waals surface area contributed by atoms with Gasteiger partial charge in [-0.1, -0.05) is 13.8 Å². The molecule has 0 radical (unpaired) electrons. The summed E-state index contributed by atoms with van der Waals surface area (Å²) in [5.41, 5.74) is 15.8. The standard InChI is InChI=1S/C27H46N10O11/c1-13(2)21(26(47)48)36-24(45)17-6-4-8-37(17)25(46)16(12-38)35-23(44)15(9-20(41)42)34-19(40)11-32-22(43)14(33-18(39)10-28)5-3-7-31-27(29)30/h13-17,21,38H,3-12,28H2,1-2H3,(H,32,43)(H,33,39)(H,34,40)(H,35,44)(H,36,45)(H,41,42)(H,47,48)(H4,29,30,31)/t14-,15-,16-,17-,21-/m0/s1. The molecule has 21 nitrogen and oxygen atoms in total. The second-order valence-corrected chi connectivity index (χ2v) is 11.2. The van der Waals surface area contributed by atoms with Gasteiger partial charge in [0.1, 0.15) is 30.2 Å². The van der Waals surface area contributed by atoms with Gasteiger partial charge in [0.15, 0.2) is 5.96 Å². The minimum Gasteiger partial charge on any atom is -0.481 e. The highest BCUT2D eigenvalue weighted by atomic mass is 16.4. The Bertz CT molecular complexity index is 1220. The molecule has 48 heavy (non-hydrogen) atoms. The fraction of sp³-hybridized carbons (Fsp3) is 0.667. The number of carbonyl (C=O) groups is 8. The van der Waals surface area contributed by atoms with Crippen molar-refractivity contribution < 1.29 is 53.7 Å². The van der Waals surface area contributed by atoms with E-state index in [0.29, 0.717) is 6.42 Å². The largest absolute Gasteiger partial charge is 0.481 e. The number of nitrogens with zero attached hydrogens (tertiary/aromatic N) is 2. The van der Waals surface area contributed by atoms with Crippen LogP contribution in [-0.2, 0) is 38.4 Å². The minimum atomic E-state index is -1.76. The lowest BCUT2D eigenvalue weighted by Gasteiger charge is -2.30. The molecule has 1 aliphatic rings. The van der Waals surface area contributed by atoms with Crippen LogP contribution >= 0.6 is 0 Å². The van der Waals surface area contributed by atoms with Crippen LogP contribution in [0.1, 0.15) is 46.0 Å². The first-order valence-electron chi connectivity index (χ1n) is 15.1. The number of carboxylic acids is 2. The Morgan fingerprint density at radius 2 is 1.54 bits per heavy atom. The van der Waals surface area contributed by atoms with Crippen LogP contribution in [0.25, 0.3) is 0 Å². The van der Waals surface area contributed by atoms with Crippen molar-refractivity contribution in [2.75, 3.05) is 32.8 Å². The molecule has 0 aromatic heterocycles. The Labute approximate surface area is 275 Å². The van der Waals surface area contributed by atoms with Crippen LogP contribution in [0.3, 0.4) is 0 Å². The molecule has 0 unspecified atom stereocenters. The molecule has 5 atom stereocenters. The zero-order chi connectivity index (χ0) is 36.6. The van der Waals surface area contributed by atoms with Crippen molar-refractivity contribution >= 4 is 53.3 Å². The van der Waals surface area contributed by atoms with E-state index in [1.165, 1.54) is 0 Å². The van der Waals surface area contributed by atoms with Crippen molar-refractivity contribution in [3.05, 3.63) is 0 Å². The maximum Gasteiger partial charge on any atom is 0.326 e. The lowest BCUT2D eigenvalue weighted by atomic mass is 10.0. The lowest BCUT2D eigenvalue weighted by molar-refractivity contribution is -0.146. The number of amides is 6. The van der Waals surface area contributed by atoms with Gasteiger partial charge in [-0.05, 0) is 31.6 Å². The van der Waals surface area contributed by atoms with Crippen LogP contribution in [-0.4, -0.2) is 137 Å². The monoisotopic (exact) mass is 686 g/mol. The van der Waals surface area contributed by atoms with Gasteiger partial charge >= 0.3 is 11.9 Å². The van der Waals surface area contributed by atoms with Crippen molar-refractivity contribution in [3.8, 4) is 0 Å². The fourth-order valence-corrected chi connectivity index (χ4v) is 4.67. The molecule has 1 heterocycles. The number of aliphatic imine (C=N–C) groups is 1. The van der Waals surface area contributed by atoms with Gasteiger partial charge in [-0.3, -0.25) is 38.6 Å². The number of aliphatic hydroxyl groups excluding tert-OH is 1. The number of carbonyl (C=O) groups excluding carboxylic acids is 6. The van der Waals surface area contributed by atoms with Crippen LogP contribution in [0.5, 0.6) is 0 Å². The maximum absolute atomic E-state index is 13.3. The van der Waals surface area contributed by atoms with Crippen molar-refractivity contribution in [2.24, 2.45) is 28.1 Å². The summed E-state index contributed by atoms with van der Waals surface area (Å²) in [6.45, 7) is 1.26. The molecule has 0 aliphatic carbocycles.